The molecule has 2 aromatic rings. The average Bonchev–Trinajstić information content (AvgIpc) is 2.55. The van der Waals surface area contributed by atoms with Crippen LogP contribution >= 0.6 is 0 Å². The lowest BCUT2D eigenvalue weighted by Gasteiger charge is -2.12. The Morgan fingerprint density at radius 1 is 0.958 bits per heavy atom. The highest BCUT2D eigenvalue weighted by Crippen LogP contribution is 2.16. The van der Waals surface area contributed by atoms with Gasteiger partial charge in [0, 0.05) is 23.0 Å². The number of amides is 3. The molecule has 3 amide bonds. The number of carbonyl (C=O) groups is 2. The summed E-state index contributed by atoms with van der Waals surface area (Å²) in [4.78, 5) is 24.0. The van der Waals surface area contributed by atoms with Crippen LogP contribution in [0.15, 0.2) is 48.5 Å². The molecule has 0 saturated carbocycles. The van der Waals surface area contributed by atoms with Crippen molar-refractivity contribution in [2.24, 2.45) is 0 Å². The van der Waals surface area contributed by atoms with Crippen molar-refractivity contribution < 1.29 is 9.59 Å². The van der Waals surface area contributed by atoms with Crippen LogP contribution in [0, 0.1) is 0 Å². The second-order valence-corrected chi connectivity index (χ2v) is 5.80. The molecule has 0 spiro atoms. The maximum Gasteiger partial charge on any atom is 0.323 e. The second kappa shape index (κ2) is 8.15. The number of urea groups is 1. The van der Waals surface area contributed by atoms with Gasteiger partial charge in [-0.15, -0.1) is 0 Å². The molecule has 0 aliphatic heterocycles. The smallest absolute Gasteiger partial charge is 0.323 e. The molecule has 0 radical (unpaired) electrons. The molecule has 0 aromatic heterocycles. The highest BCUT2D eigenvalue weighted by molar-refractivity contribution is 6.01. The first kappa shape index (κ1) is 17.5. The van der Waals surface area contributed by atoms with Gasteiger partial charge in [-0.1, -0.05) is 25.1 Å². The van der Waals surface area contributed by atoms with Gasteiger partial charge in [-0.25, -0.2) is 4.79 Å². The lowest BCUT2D eigenvalue weighted by molar-refractivity contribution is 0.0943. The summed E-state index contributed by atoms with van der Waals surface area (Å²) >= 11 is 0. The molecule has 5 heteroatoms. The molecule has 126 valence electrons. The summed E-state index contributed by atoms with van der Waals surface area (Å²) in [6.45, 7) is 5.86. The van der Waals surface area contributed by atoms with Crippen LogP contribution in [-0.2, 0) is 6.42 Å². The highest BCUT2D eigenvalue weighted by atomic mass is 16.2. The number of nitrogens with one attached hydrogen (secondary N) is 3. The molecule has 3 N–H and O–H groups in total. The summed E-state index contributed by atoms with van der Waals surface area (Å²) in [5, 5.41) is 8.44. The second-order valence-electron chi connectivity index (χ2n) is 5.80. The number of para-hydroxylation sites is 1. The van der Waals surface area contributed by atoms with E-state index in [1.54, 1.807) is 24.3 Å². The molecule has 0 aliphatic rings. The summed E-state index contributed by atoms with van der Waals surface area (Å²) in [7, 11) is 0. The SMILES string of the molecule is CCc1ccccc1NC(=O)Nc1ccc(C(=O)NC(C)C)cc1. The number of aryl methyl sites for hydroxylation is 1. The minimum Gasteiger partial charge on any atom is -0.350 e. The van der Waals surface area contributed by atoms with Crippen LogP contribution in [0.1, 0.15) is 36.7 Å². The van der Waals surface area contributed by atoms with Crippen molar-refractivity contribution in [1.82, 2.24) is 5.32 Å². The normalized spacial score (nSPS) is 10.3. The van der Waals surface area contributed by atoms with Crippen LogP contribution in [0.25, 0.3) is 0 Å². The molecular weight excluding hydrogens is 302 g/mol. The fourth-order valence-corrected chi connectivity index (χ4v) is 2.29. The number of benzene rings is 2. The molecule has 0 unspecified atom stereocenters. The summed E-state index contributed by atoms with van der Waals surface area (Å²) in [6, 6.07) is 14.3. The van der Waals surface area contributed by atoms with E-state index < -0.39 is 0 Å². The Kier molecular flexibility index (Phi) is 5.95. The zero-order valence-corrected chi connectivity index (χ0v) is 14.2. The molecule has 0 atom stereocenters. The molecule has 2 aromatic carbocycles. The van der Waals surface area contributed by atoms with Crippen LogP contribution in [-0.4, -0.2) is 18.0 Å². The third-order valence-corrected chi connectivity index (χ3v) is 3.47. The molecule has 0 saturated heterocycles. The summed E-state index contributed by atoms with van der Waals surface area (Å²) in [5.41, 5.74) is 3.06. The number of hydrogen-bond acceptors (Lipinski definition) is 2. The van der Waals surface area contributed by atoms with E-state index in [0.29, 0.717) is 11.3 Å². The minimum atomic E-state index is -0.310. The van der Waals surface area contributed by atoms with E-state index in [4.69, 9.17) is 0 Å². The van der Waals surface area contributed by atoms with Crippen molar-refractivity contribution >= 4 is 23.3 Å². The van der Waals surface area contributed by atoms with E-state index >= 15 is 0 Å². The van der Waals surface area contributed by atoms with Gasteiger partial charge in [0.15, 0.2) is 0 Å². The van der Waals surface area contributed by atoms with Crippen LogP contribution in [0.3, 0.4) is 0 Å². The van der Waals surface area contributed by atoms with E-state index in [0.717, 1.165) is 17.7 Å². The Labute approximate surface area is 142 Å². The number of rotatable bonds is 5. The quantitative estimate of drug-likeness (QED) is 0.776. The Hall–Kier alpha value is -2.82. The lowest BCUT2D eigenvalue weighted by atomic mass is 10.1. The van der Waals surface area contributed by atoms with Gasteiger partial charge in [-0.05, 0) is 56.2 Å². The third-order valence-electron chi connectivity index (χ3n) is 3.47. The average molecular weight is 325 g/mol. The zero-order chi connectivity index (χ0) is 17.5. The van der Waals surface area contributed by atoms with Crippen molar-refractivity contribution in [3.8, 4) is 0 Å². The van der Waals surface area contributed by atoms with Crippen LogP contribution < -0.4 is 16.0 Å². The first-order valence-electron chi connectivity index (χ1n) is 8.06. The summed E-state index contributed by atoms with van der Waals surface area (Å²) in [6.07, 6.45) is 0.843. The highest BCUT2D eigenvalue weighted by Gasteiger charge is 2.08. The Morgan fingerprint density at radius 2 is 1.62 bits per heavy atom. The molecule has 0 aliphatic carbocycles. The van der Waals surface area contributed by atoms with Crippen molar-refractivity contribution in [1.29, 1.82) is 0 Å². The van der Waals surface area contributed by atoms with Gasteiger partial charge in [0.05, 0.1) is 0 Å². The maximum atomic E-state index is 12.1. The third kappa shape index (κ3) is 4.84. The Morgan fingerprint density at radius 3 is 2.25 bits per heavy atom. The molecule has 5 nitrogen and oxygen atoms in total. The predicted octanol–water partition coefficient (Wildman–Crippen LogP) is 4.03. The van der Waals surface area contributed by atoms with Crippen molar-refractivity contribution in [3.63, 3.8) is 0 Å². The minimum absolute atomic E-state index is 0.0831. The summed E-state index contributed by atoms with van der Waals surface area (Å²) in [5.74, 6) is -0.127. The van der Waals surface area contributed by atoms with Crippen LogP contribution in [0.4, 0.5) is 16.2 Å². The molecule has 24 heavy (non-hydrogen) atoms. The zero-order valence-electron chi connectivity index (χ0n) is 14.2. The van der Waals surface area contributed by atoms with Gasteiger partial charge in [0.2, 0.25) is 0 Å². The molecule has 0 fully saturated rings. The molecule has 0 bridgehead atoms. The molecule has 0 heterocycles. The van der Waals surface area contributed by atoms with Gasteiger partial charge >= 0.3 is 6.03 Å². The molecular formula is C19H23N3O2. The van der Waals surface area contributed by atoms with Gasteiger partial charge in [-0.3, -0.25) is 4.79 Å². The summed E-state index contributed by atoms with van der Waals surface area (Å²) < 4.78 is 0. The Bertz CT molecular complexity index is 709. The van der Waals surface area contributed by atoms with Crippen molar-refractivity contribution in [2.75, 3.05) is 10.6 Å². The number of hydrogen-bond donors (Lipinski definition) is 3. The van der Waals surface area contributed by atoms with E-state index in [1.165, 1.54) is 0 Å². The van der Waals surface area contributed by atoms with E-state index in [-0.39, 0.29) is 18.0 Å². The topological polar surface area (TPSA) is 70.2 Å². The Balaban J connectivity index is 1.98. The monoisotopic (exact) mass is 325 g/mol. The number of carbonyl (C=O) groups excluding carboxylic acids is 2. The first-order valence-corrected chi connectivity index (χ1v) is 8.06. The molecule has 2 rings (SSSR count). The largest absolute Gasteiger partial charge is 0.350 e. The van der Waals surface area contributed by atoms with Crippen molar-refractivity contribution in [2.45, 2.75) is 33.2 Å². The van der Waals surface area contributed by atoms with Crippen molar-refractivity contribution in [3.05, 3.63) is 59.7 Å². The lowest BCUT2D eigenvalue weighted by Crippen LogP contribution is -2.30. The van der Waals surface area contributed by atoms with E-state index in [1.807, 2.05) is 45.0 Å². The number of anilines is 2. The van der Waals surface area contributed by atoms with Gasteiger partial charge in [0.1, 0.15) is 0 Å². The maximum absolute atomic E-state index is 12.1. The van der Waals surface area contributed by atoms with Gasteiger partial charge in [-0.2, -0.15) is 0 Å². The van der Waals surface area contributed by atoms with E-state index in [9.17, 15) is 9.59 Å². The van der Waals surface area contributed by atoms with Gasteiger partial charge in [0.25, 0.3) is 5.91 Å². The standard InChI is InChI=1S/C19H23N3O2/c1-4-14-7-5-6-8-17(14)22-19(24)21-16-11-9-15(10-12-16)18(23)20-13(2)3/h5-13H,4H2,1-3H3,(H,20,23)(H2,21,22,24). The first-order chi connectivity index (χ1) is 11.5. The van der Waals surface area contributed by atoms with Gasteiger partial charge < -0.3 is 16.0 Å². The fourth-order valence-electron chi connectivity index (χ4n) is 2.29. The predicted molar refractivity (Wildman–Crippen MR) is 97.5 cm³/mol. The van der Waals surface area contributed by atoms with E-state index in [2.05, 4.69) is 16.0 Å². The fraction of sp³-hybridized carbons (Fsp3) is 0.263. The van der Waals surface area contributed by atoms with Crippen LogP contribution in [0.2, 0.25) is 0 Å². The van der Waals surface area contributed by atoms with Crippen LogP contribution in [0.5, 0.6) is 0 Å².